The van der Waals surface area contributed by atoms with Crippen molar-refractivity contribution in [2.24, 2.45) is 5.10 Å². The maximum absolute atomic E-state index is 11.9. The number of halogens is 1. The number of ether oxygens (including phenoxy) is 1. The van der Waals surface area contributed by atoms with Crippen LogP contribution >= 0.6 is 11.6 Å². The van der Waals surface area contributed by atoms with Crippen LogP contribution in [0.1, 0.15) is 11.1 Å². The molecule has 0 radical (unpaired) electrons. The molecule has 0 aliphatic rings. The van der Waals surface area contributed by atoms with E-state index in [2.05, 4.69) is 15.8 Å². The summed E-state index contributed by atoms with van der Waals surface area (Å²) in [4.78, 5) is 23.6. The quantitative estimate of drug-likeness (QED) is 0.508. The molecule has 2 rings (SSSR count). The standard InChI is InChI=1S/C17H16ClN3O3/c1-11-14(18)7-4-8-15(11)20-16(22)17(23)21-19-10-12-5-3-6-13(9-12)24-2/h3-10H,1-2H3,(H,20,22)(H,21,23). The first-order chi connectivity index (χ1) is 11.5. The molecule has 24 heavy (non-hydrogen) atoms. The van der Waals surface area contributed by atoms with Crippen molar-refractivity contribution in [3.8, 4) is 5.75 Å². The fourth-order valence-electron chi connectivity index (χ4n) is 1.86. The number of carbonyl (C=O) groups excluding carboxylic acids is 2. The van der Waals surface area contributed by atoms with Gasteiger partial charge in [-0.05, 0) is 42.3 Å². The number of hydrogen-bond acceptors (Lipinski definition) is 4. The number of rotatable bonds is 4. The molecule has 2 aromatic rings. The van der Waals surface area contributed by atoms with Gasteiger partial charge in [0.2, 0.25) is 0 Å². The second kappa shape index (κ2) is 8.12. The van der Waals surface area contributed by atoms with Crippen LogP contribution in [-0.4, -0.2) is 25.1 Å². The molecule has 2 N–H and O–H groups in total. The summed E-state index contributed by atoms with van der Waals surface area (Å²) < 4.78 is 5.08. The molecular weight excluding hydrogens is 330 g/mol. The van der Waals surface area contributed by atoms with E-state index in [1.54, 1.807) is 56.5 Å². The third-order valence-corrected chi connectivity index (χ3v) is 3.61. The van der Waals surface area contributed by atoms with Crippen molar-refractivity contribution in [1.82, 2.24) is 5.43 Å². The molecule has 0 bridgehead atoms. The van der Waals surface area contributed by atoms with Gasteiger partial charge in [0.1, 0.15) is 5.75 Å². The van der Waals surface area contributed by atoms with Gasteiger partial charge in [-0.2, -0.15) is 5.10 Å². The normalized spacial score (nSPS) is 10.5. The minimum atomic E-state index is -0.881. The number of hydrogen-bond donors (Lipinski definition) is 2. The van der Waals surface area contributed by atoms with Gasteiger partial charge in [0, 0.05) is 10.7 Å². The smallest absolute Gasteiger partial charge is 0.329 e. The van der Waals surface area contributed by atoms with Gasteiger partial charge in [-0.3, -0.25) is 9.59 Å². The Bertz CT molecular complexity index is 790. The van der Waals surface area contributed by atoms with Crippen LogP contribution < -0.4 is 15.5 Å². The first-order valence-corrected chi connectivity index (χ1v) is 7.42. The average molecular weight is 346 g/mol. The minimum absolute atomic E-state index is 0.472. The fourth-order valence-corrected chi connectivity index (χ4v) is 2.03. The molecule has 0 aromatic heterocycles. The Morgan fingerprint density at radius 1 is 1.17 bits per heavy atom. The van der Waals surface area contributed by atoms with E-state index in [0.717, 1.165) is 5.56 Å². The van der Waals surface area contributed by atoms with Gasteiger partial charge in [0.05, 0.1) is 13.3 Å². The van der Waals surface area contributed by atoms with Gasteiger partial charge < -0.3 is 10.1 Å². The van der Waals surface area contributed by atoms with Crippen LogP contribution in [0, 0.1) is 6.92 Å². The van der Waals surface area contributed by atoms with E-state index in [-0.39, 0.29) is 0 Å². The van der Waals surface area contributed by atoms with Crippen molar-refractivity contribution in [3.05, 3.63) is 58.6 Å². The Labute approximate surface area is 144 Å². The summed E-state index contributed by atoms with van der Waals surface area (Å²) in [5.74, 6) is -1.05. The minimum Gasteiger partial charge on any atom is -0.497 e. The molecule has 0 saturated carbocycles. The lowest BCUT2D eigenvalue weighted by molar-refractivity contribution is -0.136. The molecule has 2 amide bonds. The predicted molar refractivity (Wildman–Crippen MR) is 93.5 cm³/mol. The van der Waals surface area contributed by atoms with Gasteiger partial charge >= 0.3 is 11.8 Å². The second-order valence-electron chi connectivity index (χ2n) is 4.84. The van der Waals surface area contributed by atoms with Crippen molar-refractivity contribution in [3.63, 3.8) is 0 Å². The molecule has 0 unspecified atom stereocenters. The number of hydrazone groups is 1. The molecule has 0 saturated heterocycles. The van der Waals surface area contributed by atoms with Crippen molar-refractivity contribution >= 4 is 35.3 Å². The maximum atomic E-state index is 11.9. The topological polar surface area (TPSA) is 79.8 Å². The molecule has 124 valence electrons. The highest BCUT2D eigenvalue weighted by Crippen LogP contribution is 2.22. The summed E-state index contributed by atoms with van der Waals surface area (Å²) in [6.07, 6.45) is 1.42. The fraction of sp³-hybridized carbons (Fsp3) is 0.118. The molecule has 7 heteroatoms. The number of carbonyl (C=O) groups is 2. The van der Waals surface area contributed by atoms with Crippen molar-refractivity contribution < 1.29 is 14.3 Å². The van der Waals surface area contributed by atoms with Crippen molar-refractivity contribution in [2.75, 3.05) is 12.4 Å². The molecular formula is C17H16ClN3O3. The summed E-state index contributed by atoms with van der Waals surface area (Å²) in [5, 5.41) is 6.74. The maximum Gasteiger partial charge on any atom is 0.329 e. The van der Waals surface area contributed by atoms with E-state index in [1.807, 2.05) is 0 Å². The molecule has 0 heterocycles. The lowest BCUT2D eigenvalue weighted by Gasteiger charge is -2.08. The van der Waals surface area contributed by atoms with Crippen LogP contribution in [0.2, 0.25) is 5.02 Å². The van der Waals surface area contributed by atoms with Crippen LogP contribution in [0.3, 0.4) is 0 Å². The first-order valence-electron chi connectivity index (χ1n) is 7.05. The van der Waals surface area contributed by atoms with Crippen LogP contribution in [0.5, 0.6) is 5.75 Å². The van der Waals surface area contributed by atoms with E-state index in [9.17, 15) is 9.59 Å². The van der Waals surface area contributed by atoms with E-state index >= 15 is 0 Å². The monoisotopic (exact) mass is 345 g/mol. The second-order valence-corrected chi connectivity index (χ2v) is 5.25. The van der Waals surface area contributed by atoms with E-state index < -0.39 is 11.8 Å². The molecule has 2 aromatic carbocycles. The summed E-state index contributed by atoms with van der Waals surface area (Å²) in [5.41, 5.74) is 4.04. The zero-order valence-corrected chi connectivity index (χ0v) is 13.9. The van der Waals surface area contributed by atoms with Gasteiger partial charge in [0.15, 0.2) is 0 Å². The molecule has 0 aliphatic carbocycles. The Balaban J connectivity index is 1.95. The summed E-state index contributed by atoms with van der Waals surface area (Å²) >= 11 is 5.97. The largest absolute Gasteiger partial charge is 0.497 e. The SMILES string of the molecule is COc1cccc(C=NNC(=O)C(=O)Nc2cccc(Cl)c2C)c1. The van der Waals surface area contributed by atoms with Crippen molar-refractivity contribution in [1.29, 1.82) is 0 Å². The van der Waals surface area contributed by atoms with Gasteiger partial charge in [-0.25, -0.2) is 5.43 Å². The van der Waals surface area contributed by atoms with Crippen LogP contribution in [0.4, 0.5) is 5.69 Å². The van der Waals surface area contributed by atoms with Crippen LogP contribution in [0.15, 0.2) is 47.6 Å². The zero-order chi connectivity index (χ0) is 17.5. The number of benzene rings is 2. The van der Waals surface area contributed by atoms with Crippen molar-refractivity contribution in [2.45, 2.75) is 6.92 Å². The lowest BCUT2D eigenvalue weighted by Crippen LogP contribution is -2.32. The first kappa shape index (κ1) is 17.5. The highest BCUT2D eigenvalue weighted by atomic mass is 35.5. The highest BCUT2D eigenvalue weighted by molar-refractivity contribution is 6.40. The predicted octanol–water partition coefficient (Wildman–Crippen LogP) is 2.75. The summed E-state index contributed by atoms with van der Waals surface area (Å²) in [6, 6.07) is 12.1. The third-order valence-electron chi connectivity index (χ3n) is 3.20. The number of anilines is 1. The Kier molecular flexibility index (Phi) is 5.92. The molecule has 0 atom stereocenters. The molecule has 0 fully saturated rings. The number of nitrogens with one attached hydrogen (secondary N) is 2. The number of nitrogens with zero attached hydrogens (tertiary/aromatic N) is 1. The molecule has 6 nitrogen and oxygen atoms in total. The highest BCUT2D eigenvalue weighted by Gasteiger charge is 2.14. The molecule has 0 aliphatic heterocycles. The van der Waals surface area contributed by atoms with E-state index in [4.69, 9.17) is 16.3 Å². The van der Waals surface area contributed by atoms with E-state index in [1.165, 1.54) is 6.21 Å². The zero-order valence-electron chi connectivity index (χ0n) is 13.2. The molecule has 0 spiro atoms. The van der Waals surface area contributed by atoms with Gasteiger partial charge in [0.25, 0.3) is 0 Å². The number of methoxy groups -OCH3 is 1. The Morgan fingerprint density at radius 3 is 2.67 bits per heavy atom. The number of amides is 2. The third kappa shape index (κ3) is 4.57. The average Bonchev–Trinajstić information content (AvgIpc) is 2.59. The van der Waals surface area contributed by atoms with Crippen LogP contribution in [0.25, 0.3) is 0 Å². The van der Waals surface area contributed by atoms with E-state index in [0.29, 0.717) is 22.0 Å². The van der Waals surface area contributed by atoms with Crippen LogP contribution in [-0.2, 0) is 9.59 Å². The van der Waals surface area contributed by atoms with Gasteiger partial charge in [-0.1, -0.05) is 29.8 Å². The lowest BCUT2D eigenvalue weighted by atomic mass is 10.2. The Hall–Kier alpha value is -2.86. The van der Waals surface area contributed by atoms with Gasteiger partial charge in [-0.15, -0.1) is 0 Å². The summed E-state index contributed by atoms with van der Waals surface area (Å²) in [6.45, 7) is 1.75. The Morgan fingerprint density at radius 2 is 1.92 bits per heavy atom. The summed E-state index contributed by atoms with van der Waals surface area (Å²) in [7, 11) is 1.56.